The Bertz CT molecular complexity index is 2330. The van der Waals surface area contributed by atoms with Crippen LogP contribution in [0.25, 0.3) is 66.0 Å². The highest BCUT2D eigenvalue weighted by Crippen LogP contribution is 2.54. The first-order chi connectivity index (χ1) is 20.2. The van der Waals surface area contributed by atoms with Gasteiger partial charge in [0.2, 0.25) is 5.95 Å². The summed E-state index contributed by atoms with van der Waals surface area (Å²) in [5.74, 6) is 0.655. The minimum absolute atomic E-state index is 0.655. The molecule has 4 heteroatoms. The minimum Gasteiger partial charge on any atom is -0.456 e. The third-order valence-electron chi connectivity index (χ3n) is 8.26. The summed E-state index contributed by atoms with van der Waals surface area (Å²) in [4.78, 5) is 12.7. The molecule has 41 heavy (non-hydrogen) atoms. The van der Waals surface area contributed by atoms with Crippen LogP contribution in [-0.4, -0.2) is 9.97 Å². The fourth-order valence-electron chi connectivity index (χ4n) is 6.42. The van der Waals surface area contributed by atoms with E-state index in [9.17, 15) is 0 Å². The van der Waals surface area contributed by atoms with Gasteiger partial charge in [-0.3, -0.25) is 4.90 Å². The monoisotopic (exact) mass is 525 g/mol. The lowest BCUT2D eigenvalue weighted by atomic mass is 9.88. The molecule has 0 unspecified atom stereocenters. The Hall–Kier alpha value is -5.48. The predicted octanol–water partition coefficient (Wildman–Crippen LogP) is 10.1. The van der Waals surface area contributed by atoms with Crippen molar-refractivity contribution in [1.29, 1.82) is 0 Å². The molecule has 0 amide bonds. The van der Waals surface area contributed by atoms with Gasteiger partial charge in [0.25, 0.3) is 0 Å². The second-order valence-electron chi connectivity index (χ2n) is 10.7. The van der Waals surface area contributed by atoms with Gasteiger partial charge in [0.15, 0.2) is 0 Å². The Balaban J connectivity index is 1.41. The molecule has 8 aromatic rings. The fourth-order valence-corrected chi connectivity index (χ4v) is 6.42. The highest BCUT2D eigenvalue weighted by Gasteiger charge is 2.30. The van der Waals surface area contributed by atoms with Crippen molar-refractivity contribution >= 4 is 60.9 Å². The number of aryl methyl sites for hydroxylation is 1. The lowest BCUT2D eigenvalue weighted by Gasteiger charge is -2.32. The molecule has 0 bridgehead atoms. The van der Waals surface area contributed by atoms with E-state index >= 15 is 0 Å². The molecular formula is C37H23N3O. The molecule has 0 fully saturated rings. The normalized spacial score (nSPS) is 12.5. The predicted molar refractivity (Wildman–Crippen MR) is 168 cm³/mol. The number of anilines is 3. The minimum atomic E-state index is 0.655. The second-order valence-corrected chi connectivity index (χ2v) is 10.7. The summed E-state index contributed by atoms with van der Waals surface area (Å²) in [5.41, 5.74) is 10.4. The SMILES string of the molecule is Cc1ccc(-c2nc(N3c4ccccc4-c4c5c3cccc5cc3oc5ccccc5c43)nc3ccccc23)cc1. The van der Waals surface area contributed by atoms with E-state index in [2.05, 4.69) is 115 Å². The molecule has 0 atom stereocenters. The molecule has 0 N–H and O–H groups in total. The van der Waals surface area contributed by atoms with Crippen LogP contribution in [-0.2, 0) is 0 Å². The van der Waals surface area contributed by atoms with Gasteiger partial charge in [0.05, 0.1) is 22.6 Å². The van der Waals surface area contributed by atoms with Crippen LogP contribution in [0.3, 0.4) is 0 Å². The first-order valence-corrected chi connectivity index (χ1v) is 13.8. The zero-order chi connectivity index (χ0) is 27.1. The van der Waals surface area contributed by atoms with Crippen molar-refractivity contribution in [3.05, 3.63) is 127 Å². The van der Waals surface area contributed by atoms with Gasteiger partial charge in [0, 0.05) is 38.2 Å². The summed E-state index contributed by atoms with van der Waals surface area (Å²) in [6.07, 6.45) is 0. The van der Waals surface area contributed by atoms with Gasteiger partial charge in [0.1, 0.15) is 11.2 Å². The lowest BCUT2D eigenvalue weighted by Crippen LogP contribution is -2.18. The number of hydrogen-bond donors (Lipinski definition) is 0. The molecule has 3 heterocycles. The van der Waals surface area contributed by atoms with Crippen molar-refractivity contribution in [1.82, 2.24) is 9.97 Å². The van der Waals surface area contributed by atoms with E-state index in [0.29, 0.717) is 5.95 Å². The maximum atomic E-state index is 6.38. The summed E-state index contributed by atoms with van der Waals surface area (Å²) in [6.45, 7) is 2.11. The van der Waals surface area contributed by atoms with Crippen molar-refractivity contribution < 1.29 is 4.42 Å². The largest absolute Gasteiger partial charge is 0.456 e. The zero-order valence-corrected chi connectivity index (χ0v) is 22.3. The second kappa shape index (κ2) is 8.26. The van der Waals surface area contributed by atoms with E-state index in [1.807, 2.05) is 18.2 Å². The number of fused-ring (bicyclic) bond motifs is 7. The summed E-state index contributed by atoms with van der Waals surface area (Å²) in [5, 5.41) is 5.62. The fraction of sp³-hybridized carbons (Fsp3) is 0.0270. The maximum Gasteiger partial charge on any atom is 0.235 e. The molecule has 2 aromatic heterocycles. The summed E-state index contributed by atoms with van der Waals surface area (Å²) < 4.78 is 6.38. The number of aromatic nitrogens is 2. The van der Waals surface area contributed by atoms with Crippen molar-refractivity contribution in [2.75, 3.05) is 4.90 Å². The van der Waals surface area contributed by atoms with Gasteiger partial charge in [-0.05, 0) is 42.6 Å². The quantitative estimate of drug-likeness (QED) is 0.225. The highest BCUT2D eigenvalue weighted by atomic mass is 16.3. The molecule has 1 aliphatic heterocycles. The third-order valence-corrected chi connectivity index (χ3v) is 8.26. The number of furan rings is 1. The van der Waals surface area contributed by atoms with E-state index in [0.717, 1.165) is 66.4 Å². The number of para-hydroxylation sites is 3. The van der Waals surface area contributed by atoms with Gasteiger partial charge in [-0.25, -0.2) is 9.97 Å². The zero-order valence-electron chi connectivity index (χ0n) is 22.3. The molecule has 0 saturated carbocycles. The Labute approximate surface area is 236 Å². The maximum absolute atomic E-state index is 6.38. The highest BCUT2D eigenvalue weighted by molar-refractivity contribution is 6.26. The average Bonchev–Trinajstić information content (AvgIpc) is 3.39. The van der Waals surface area contributed by atoms with Crippen LogP contribution in [0.15, 0.2) is 126 Å². The number of benzene rings is 6. The molecule has 4 nitrogen and oxygen atoms in total. The third kappa shape index (κ3) is 3.16. The Morgan fingerprint density at radius 2 is 1.37 bits per heavy atom. The first-order valence-electron chi connectivity index (χ1n) is 13.8. The summed E-state index contributed by atoms with van der Waals surface area (Å²) in [7, 11) is 0. The summed E-state index contributed by atoms with van der Waals surface area (Å²) in [6, 6.07) is 42.4. The van der Waals surface area contributed by atoms with Crippen LogP contribution < -0.4 is 4.90 Å². The van der Waals surface area contributed by atoms with Crippen LogP contribution in [0.1, 0.15) is 5.56 Å². The topological polar surface area (TPSA) is 42.2 Å². The molecule has 0 radical (unpaired) electrons. The van der Waals surface area contributed by atoms with E-state index in [1.54, 1.807) is 0 Å². The summed E-state index contributed by atoms with van der Waals surface area (Å²) >= 11 is 0. The smallest absolute Gasteiger partial charge is 0.235 e. The Kier molecular flexibility index (Phi) is 4.50. The van der Waals surface area contributed by atoms with Crippen molar-refractivity contribution in [3.63, 3.8) is 0 Å². The number of rotatable bonds is 2. The van der Waals surface area contributed by atoms with Crippen LogP contribution in [0.2, 0.25) is 0 Å². The van der Waals surface area contributed by atoms with Crippen LogP contribution in [0.5, 0.6) is 0 Å². The van der Waals surface area contributed by atoms with Crippen molar-refractivity contribution in [3.8, 4) is 22.4 Å². The molecule has 0 aliphatic carbocycles. The van der Waals surface area contributed by atoms with Gasteiger partial charge < -0.3 is 4.42 Å². The van der Waals surface area contributed by atoms with E-state index in [4.69, 9.17) is 14.4 Å². The van der Waals surface area contributed by atoms with E-state index in [-0.39, 0.29) is 0 Å². The molecule has 1 aliphatic rings. The molecule has 9 rings (SSSR count). The number of nitrogens with zero attached hydrogens (tertiary/aromatic N) is 3. The van der Waals surface area contributed by atoms with Gasteiger partial charge >= 0.3 is 0 Å². The van der Waals surface area contributed by atoms with Gasteiger partial charge in [-0.1, -0.05) is 96.6 Å². The van der Waals surface area contributed by atoms with Gasteiger partial charge in [-0.2, -0.15) is 0 Å². The molecular weight excluding hydrogens is 502 g/mol. The first kappa shape index (κ1) is 22.3. The molecule has 6 aromatic carbocycles. The van der Waals surface area contributed by atoms with Crippen LogP contribution in [0.4, 0.5) is 17.3 Å². The average molecular weight is 526 g/mol. The van der Waals surface area contributed by atoms with Crippen LogP contribution in [0, 0.1) is 6.92 Å². The number of hydrogen-bond acceptors (Lipinski definition) is 4. The van der Waals surface area contributed by atoms with Crippen molar-refractivity contribution in [2.24, 2.45) is 0 Å². The van der Waals surface area contributed by atoms with Crippen LogP contribution >= 0.6 is 0 Å². The standard InChI is InChI=1S/C37H23N3O/c1-22-17-19-23(20-18-22)36-25-10-2-5-13-28(25)38-37(39-36)40-29-14-6-3-11-26(29)35-33-24(9-8-15-30(33)40)21-32-34(35)27-12-4-7-16-31(27)41-32/h2-21H,1H3. The van der Waals surface area contributed by atoms with Gasteiger partial charge in [-0.15, -0.1) is 0 Å². The molecule has 0 saturated heterocycles. The Morgan fingerprint density at radius 1 is 0.610 bits per heavy atom. The van der Waals surface area contributed by atoms with Crippen molar-refractivity contribution in [2.45, 2.75) is 6.92 Å². The molecule has 0 spiro atoms. The van der Waals surface area contributed by atoms with E-state index < -0.39 is 0 Å². The lowest BCUT2D eigenvalue weighted by molar-refractivity contribution is 0.669. The molecule has 192 valence electrons. The Morgan fingerprint density at radius 3 is 2.27 bits per heavy atom. The van der Waals surface area contributed by atoms with E-state index in [1.165, 1.54) is 16.5 Å².